The molecule has 0 amide bonds. The summed E-state index contributed by atoms with van der Waals surface area (Å²) in [5.41, 5.74) is 1.19. The van der Waals surface area contributed by atoms with Gasteiger partial charge in [-0.2, -0.15) is 0 Å². The molecule has 0 radical (unpaired) electrons. The van der Waals surface area contributed by atoms with Crippen molar-refractivity contribution in [3.63, 3.8) is 0 Å². The van der Waals surface area contributed by atoms with Crippen LogP contribution in [0.5, 0.6) is 0 Å². The summed E-state index contributed by atoms with van der Waals surface area (Å²) in [4.78, 5) is 4.44. The van der Waals surface area contributed by atoms with Crippen molar-refractivity contribution in [3.05, 3.63) is 29.8 Å². The Morgan fingerprint density at radius 1 is 1.53 bits per heavy atom. The van der Waals surface area contributed by atoms with E-state index >= 15 is 0 Å². The predicted molar refractivity (Wildman–Crippen MR) is 63.7 cm³/mol. The van der Waals surface area contributed by atoms with Crippen molar-refractivity contribution in [3.8, 4) is 11.6 Å². The Morgan fingerprint density at radius 2 is 2.41 bits per heavy atom. The Labute approximate surface area is 99.9 Å². The summed E-state index contributed by atoms with van der Waals surface area (Å²) in [5, 5.41) is 9.45. The standard InChI is InChI=1S/C13H16N2O2/c1-9-5-6-12(17-9)13-14-7-10-3-2-4-11(8-16)15(10)13/h5-7,11,16H,2-4,8H2,1H3. The highest BCUT2D eigenvalue weighted by Crippen LogP contribution is 2.31. The lowest BCUT2D eigenvalue weighted by molar-refractivity contribution is 0.208. The molecule has 4 heteroatoms. The molecule has 4 nitrogen and oxygen atoms in total. The number of imidazole rings is 1. The van der Waals surface area contributed by atoms with Crippen LogP contribution < -0.4 is 0 Å². The number of hydrogen-bond donors (Lipinski definition) is 1. The van der Waals surface area contributed by atoms with Crippen molar-refractivity contribution in [2.75, 3.05) is 6.61 Å². The van der Waals surface area contributed by atoms with Gasteiger partial charge in [-0.05, 0) is 38.3 Å². The van der Waals surface area contributed by atoms with Gasteiger partial charge in [-0.15, -0.1) is 0 Å². The fraction of sp³-hybridized carbons (Fsp3) is 0.462. The Balaban J connectivity index is 2.09. The van der Waals surface area contributed by atoms with E-state index < -0.39 is 0 Å². The van der Waals surface area contributed by atoms with E-state index in [2.05, 4.69) is 9.55 Å². The van der Waals surface area contributed by atoms with Gasteiger partial charge >= 0.3 is 0 Å². The van der Waals surface area contributed by atoms with Crippen molar-refractivity contribution in [2.24, 2.45) is 0 Å². The molecule has 0 saturated carbocycles. The SMILES string of the molecule is Cc1ccc(-c2ncc3n2C(CO)CCC3)o1. The van der Waals surface area contributed by atoms with E-state index in [0.29, 0.717) is 0 Å². The highest BCUT2D eigenvalue weighted by atomic mass is 16.3. The summed E-state index contributed by atoms with van der Waals surface area (Å²) in [6.45, 7) is 2.09. The average Bonchev–Trinajstić information content (AvgIpc) is 2.94. The normalized spacial score (nSPS) is 19.3. The van der Waals surface area contributed by atoms with Gasteiger partial charge < -0.3 is 14.1 Å². The van der Waals surface area contributed by atoms with Gasteiger partial charge in [0.15, 0.2) is 11.6 Å². The monoisotopic (exact) mass is 232 g/mol. The van der Waals surface area contributed by atoms with Gasteiger partial charge in [0.25, 0.3) is 0 Å². The first-order valence-corrected chi connectivity index (χ1v) is 6.03. The first-order valence-electron chi connectivity index (χ1n) is 6.03. The third kappa shape index (κ3) is 1.69. The van der Waals surface area contributed by atoms with Crippen LogP contribution in [0.15, 0.2) is 22.7 Å². The minimum Gasteiger partial charge on any atom is -0.458 e. The summed E-state index contributed by atoms with van der Waals surface area (Å²) in [7, 11) is 0. The maximum atomic E-state index is 9.45. The summed E-state index contributed by atoms with van der Waals surface area (Å²) >= 11 is 0. The van der Waals surface area contributed by atoms with Crippen LogP contribution in [-0.4, -0.2) is 21.3 Å². The van der Waals surface area contributed by atoms with Crippen molar-refractivity contribution >= 4 is 0 Å². The van der Waals surface area contributed by atoms with E-state index in [9.17, 15) is 5.11 Å². The van der Waals surface area contributed by atoms with Gasteiger partial charge in [-0.1, -0.05) is 0 Å². The van der Waals surface area contributed by atoms with Crippen LogP contribution in [0.3, 0.4) is 0 Å². The topological polar surface area (TPSA) is 51.2 Å². The molecule has 2 aromatic rings. The number of furan rings is 1. The van der Waals surface area contributed by atoms with E-state index in [4.69, 9.17) is 4.42 Å². The Kier molecular flexibility index (Phi) is 2.52. The quantitative estimate of drug-likeness (QED) is 0.864. The summed E-state index contributed by atoms with van der Waals surface area (Å²) in [6.07, 6.45) is 5.05. The maximum Gasteiger partial charge on any atom is 0.176 e. The lowest BCUT2D eigenvalue weighted by Crippen LogP contribution is -2.21. The highest BCUT2D eigenvalue weighted by molar-refractivity contribution is 5.49. The summed E-state index contributed by atoms with van der Waals surface area (Å²) < 4.78 is 7.75. The molecule has 2 aromatic heterocycles. The van der Waals surface area contributed by atoms with Gasteiger partial charge in [0.05, 0.1) is 12.6 Å². The molecule has 0 spiro atoms. The Hall–Kier alpha value is -1.55. The minimum atomic E-state index is 0.140. The molecular weight excluding hydrogens is 216 g/mol. The molecule has 0 fully saturated rings. The molecule has 1 aliphatic heterocycles. The van der Waals surface area contributed by atoms with Crippen molar-refractivity contribution in [1.82, 2.24) is 9.55 Å². The molecule has 90 valence electrons. The minimum absolute atomic E-state index is 0.140. The number of aromatic nitrogens is 2. The van der Waals surface area contributed by atoms with Gasteiger partial charge in [-0.25, -0.2) is 4.98 Å². The number of rotatable bonds is 2. The van der Waals surface area contributed by atoms with E-state index in [-0.39, 0.29) is 12.6 Å². The zero-order valence-electron chi connectivity index (χ0n) is 9.89. The number of aryl methyl sites for hydroxylation is 2. The molecule has 1 unspecified atom stereocenters. The molecule has 0 bridgehead atoms. The third-order valence-corrected chi connectivity index (χ3v) is 3.38. The number of aliphatic hydroxyl groups excluding tert-OH is 1. The molecule has 1 aliphatic rings. The predicted octanol–water partition coefficient (Wildman–Crippen LogP) is 2.32. The van der Waals surface area contributed by atoms with E-state index in [1.54, 1.807) is 0 Å². The number of aliphatic hydroxyl groups is 1. The second-order valence-corrected chi connectivity index (χ2v) is 4.58. The molecular formula is C13H16N2O2. The van der Waals surface area contributed by atoms with Gasteiger partial charge in [0, 0.05) is 11.9 Å². The second-order valence-electron chi connectivity index (χ2n) is 4.58. The van der Waals surface area contributed by atoms with Crippen molar-refractivity contribution in [2.45, 2.75) is 32.2 Å². The van der Waals surface area contributed by atoms with Gasteiger partial charge in [0.2, 0.25) is 0 Å². The lowest BCUT2D eigenvalue weighted by atomic mass is 10.0. The molecule has 3 heterocycles. The van der Waals surface area contributed by atoms with Crippen LogP contribution in [0, 0.1) is 6.92 Å². The van der Waals surface area contributed by atoms with E-state index in [1.165, 1.54) is 5.69 Å². The molecule has 0 saturated heterocycles. The number of fused-ring (bicyclic) bond motifs is 1. The largest absolute Gasteiger partial charge is 0.458 e. The molecule has 1 atom stereocenters. The smallest absolute Gasteiger partial charge is 0.176 e. The lowest BCUT2D eigenvalue weighted by Gasteiger charge is -2.25. The molecule has 17 heavy (non-hydrogen) atoms. The molecule has 1 N–H and O–H groups in total. The van der Waals surface area contributed by atoms with Crippen LogP contribution >= 0.6 is 0 Å². The molecule has 0 aromatic carbocycles. The average molecular weight is 232 g/mol. The summed E-state index contributed by atoms with van der Waals surface area (Å²) in [6, 6.07) is 4.02. The fourth-order valence-corrected chi connectivity index (χ4v) is 2.55. The van der Waals surface area contributed by atoms with E-state index in [0.717, 1.165) is 36.6 Å². The van der Waals surface area contributed by atoms with Crippen LogP contribution in [0.4, 0.5) is 0 Å². The third-order valence-electron chi connectivity index (χ3n) is 3.38. The van der Waals surface area contributed by atoms with Crippen LogP contribution in [0.1, 0.15) is 30.3 Å². The van der Waals surface area contributed by atoms with Crippen LogP contribution in [-0.2, 0) is 6.42 Å². The van der Waals surface area contributed by atoms with Crippen molar-refractivity contribution in [1.29, 1.82) is 0 Å². The second kappa shape index (κ2) is 4.04. The van der Waals surface area contributed by atoms with Crippen molar-refractivity contribution < 1.29 is 9.52 Å². The van der Waals surface area contributed by atoms with Crippen LogP contribution in [0.25, 0.3) is 11.6 Å². The number of nitrogens with zero attached hydrogens (tertiary/aromatic N) is 2. The highest BCUT2D eigenvalue weighted by Gasteiger charge is 2.24. The maximum absolute atomic E-state index is 9.45. The van der Waals surface area contributed by atoms with E-state index in [1.807, 2.05) is 25.3 Å². The van der Waals surface area contributed by atoms with Crippen LogP contribution in [0.2, 0.25) is 0 Å². The zero-order valence-corrected chi connectivity index (χ0v) is 9.89. The summed E-state index contributed by atoms with van der Waals surface area (Å²) in [5.74, 6) is 2.51. The first-order chi connectivity index (χ1) is 8.29. The first kappa shape index (κ1) is 10.6. The molecule has 0 aliphatic carbocycles. The zero-order chi connectivity index (χ0) is 11.8. The fourth-order valence-electron chi connectivity index (χ4n) is 2.55. The van der Waals surface area contributed by atoms with Gasteiger partial charge in [0.1, 0.15) is 5.76 Å². The Bertz CT molecular complexity index is 527. The Morgan fingerprint density at radius 3 is 3.12 bits per heavy atom. The molecule has 3 rings (SSSR count). The number of hydrogen-bond acceptors (Lipinski definition) is 3. The van der Waals surface area contributed by atoms with Gasteiger partial charge in [-0.3, -0.25) is 0 Å².